The van der Waals surface area contributed by atoms with E-state index in [1.165, 1.54) is 65.9 Å². The van der Waals surface area contributed by atoms with Crippen molar-refractivity contribution in [1.29, 1.82) is 0 Å². The van der Waals surface area contributed by atoms with Crippen molar-refractivity contribution < 1.29 is 4.42 Å². The average Bonchev–Trinajstić information content (AvgIpc) is 3.75. The molecule has 1 aromatic heterocycles. The Morgan fingerprint density at radius 2 is 0.778 bits per heavy atom. The van der Waals surface area contributed by atoms with E-state index < -0.39 is 0 Å². The Bertz CT molecular complexity index is 3640. The third-order valence-electron chi connectivity index (χ3n) is 12.8. The lowest BCUT2D eigenvalue weighted by molar-refractivity contribution is 0.673. The van der Waals surface area contributed by atoms with Crippen LogP contribution in [0.4, 0.5) is 11.4 Å². The van der Waals surface area contributed by atoms with Crippen molar-refractivity contribution in [2.45, 2.75) is 6.54 Å². The highest BCUT2D eigenvalue weighted by molar-refractivity contribution is 6.17. The van der Waals surface area contributed by atoms with Gasteiger partial charge in [-0.3, -0.25) is 0 Å². The molecule has 0 amide bonds. The highest BCUT2D eigenvalue weighted by Crippen LogP contribution is 2.42. The second kappa shape index (κ2) is 15.4. The molecule has 0 aliphatic rings. The summed E-state index contributed by atoms with van der Waals surface area (Å²) in [6.45, 7) is 0.647. The number of hydrogen-bond acceptors (Lipinski definition) is 2. The number of fused-ring (bicyclic) bond motifs is 7. The highest BCUT2D eigenvalue weighted by atomic mass is 16.3. The minimum Gasteiger partial charge on any atom is -0.455 e. The van der Waals surface area contributed by atoms with E-state index in [2.05, 4.69) is 241 Å². The third kappa shape index (κ3) is 6.52. The molecule has 0 unspecified atom stereocenters. The van der Waals surface area contributed by atoms with Crippen LogP contribution in [0.1, 0.15) is 5.56 Å². The van der Waals surface area contributed by atoms with E-state index in [1.807, 2.05) is 0 Å². The quantitative estimate of drug-likeness (QED) is 0.152. The fourth-order valence-electron chi connectivity index (χ4n) is 9.63. The molecule has 63 heavy (non-hydrogen) atoms. The lowest BCUT2D eigenvalue weighted by Gasteiger charge is -2.27. The van der Waals surface area contributed by atoms with Gasteiger partial charge in [0.2, 0.25) is 0 Å². The minimum atomic E-state index is 0.647. The first-order chi connectivity index (χ1) is 31.2. The van der Waals surface area contributed by atoms with Crippen LogP contribution < -0.4 is 4.90 Å². The van der Waals surface area contributed by atoms with Crippen LogP contribution in [0.5, 0.6) is 0 Å². The Morgan fingerprint density at radius 3 is 1.51 bits per heavy atom. The molecular formula is C61H41NO. The van der Waals surface area contributed by atoms with E-state index in [9.17, 15) is 0 Å². The molecule has 12 aromatic rings. The van der Waals surface area contributed by atoms with Gasteiger partial charge in [0.15, 0.2) is 0 Å². The average molecular weight is 804 g/mol. The molecule has 2 heteroatoms. The molecule has 2 nitrogen and oxygen atoms in total. The molecule has 296 valence electrons. The van der Waals surface area contributed by atoms with Crippen LogP contribution >= 0.6 is 0 Å². The summed E-state index contributed by atoms with van der Waals surface area (Å²) in [7, 11) is 0. The Morgan fingerprint density at radius 1 is 0.286 bits per heavy atom. The molecule has 11 aromatic carbocycles. The van der Waals surface area contributed by atoms with E-state index in [1.54, 1.807) is 0 Å². The summed E-state index contributed by atoms with van der Waals surface area (Å²) in [5.41, 5.74) is 14.8. The molecule has 0 spiro atoms. The summed E-state index contributed by atoms with van der Waals surface area (Å²) >= 11 is 0. The first-order valence-corrected chi connectivity index (χ1v) is 21.7. The van der Waals surface area contributed by atoms with E-state index in [0.717, 1.165) is 49.8 Å². The molecule has 0 aliphatic heterocycles. The normalized spacial score (nSPS) is 11.6. The van der Waals surface area contributed by atoms with Crippen molar-refractivity contribution in [2.75, 3.05) is 4.90 Å². The number of anilines is 2. The van der Waals surface area contributed by atoms with Gasteiger partial charge in [0.1, 0.15) is 11.2 Å². The summed E-state index contributed by atoms with van der Waals surface area (Å²) in [5, 5.41) is 9.58. The molecule has 0 saturated heterocycles. The molecule has 0 aliphatic carbocycles. The maximum absolute atomic E-state index is 6.87. The monoisotopic (exact) mass is 803 g/mol. The van der Waals surface area contributed by atoms with Gasteiger partial charge in [0.25, 0.3) is 0 Å². The SMILES string of the molecule is c1cc(-c2cccc3ccccc23)cc(N(Cc2ccccc2-c2cccc3c2oc2c4ccccc4ccc32)c2ccc(-c3ccc(-c4cccc5ccccc45)cc3)cc2)c1. The molecule has 0 saturated carbocycles. The summed E-state index contributed by atoms with van der Waals surface area (Å²) in [5.74, 6) is 0. The molecule has 0 bridgehead atoms. The van der Waals surface area contributed by atoms with Crippen molar-refractivity contribution in [3.05, 3.63) is 242 Å². The standard InChI is InChI=1S/C61H41NO/c1-5-21-51-43(13-1)17-10-25-53(51)46-31-29-41(30-32-46)42-33-36-49(37-34-42)62(50-20-9-19-47(39-50)54-26-11-18-44-14-2-6-22-52(44)54)40-48-16-4-7-23-55(48)57-27-12-28-58-59-38-35-45-15-3-8-24-56(45)60(59)63-61(57)58/h1-39H,40H2. The number of para-hydroxylation sites is 1. The van der Waals surface area contributed by atoms with Crippen molar-refractivity contribution in [1.82, 2.24) is 0 Å². The van der Waals surface area contributed by atoms with Gasteiger partial charge in [-0.2, -0.15) is 0 Å². The molecule has 0 fully saturated rings. The number of hydrogen-bond donors (Lipinski definition) is 0. The zero-order chi connectivity index (χ0) is 41.7. The lowest BCUT2D eigenvalue weighted by Crippen LogP contribution is -2.17. The van der Waals surface area contributed by atoms with Crippen LogP contribution in [0, 0.1) is 0 Å². The van der Waals surface area contributed by atoms with Crippen LogP contribution in [-0.2, 0) is 6.54 Å². The summed E-state index contributed by atoms with van der Waals surface area (Å²) in [6, 6.07) is 85.7. The smallest absolute Gasteiger partial charge is 0.143 e. The number of furan rings is 1. The molecule has 0 atom stereocenters. The number of benzene rings is 11. The first kappa shape index (κ1) is 36.6. The fourth-order valence-corrected chi connectivity index (χ4v) is 9.63. The van der Waals surface area contributed by atoms with Gasteiger partial charge < -0.3 is 9.32 Å². The van der Waals surface area contributed by atoms with Gasteiger partial charge in [-0.15, -0.1) is 0 Å². The maximum atomic E-state index is 6.87. The van der Waals surface area contributed by atoms with Gasteiger partial charge in [-0.05, 0) is 102 Å². The fraction of sp³-hybridized carbons (Fsp3) is 0.0164. The zero-order valence-electron chi connectivity index (χ0n) is 34.6. The predicted molar refractivity (Wildman–Crippen MR) is 267 cm³/mol. The molecule has 0 N–H and O–H groups in total. The Kier molecular flexibility index (Phi) is 8.93. The molecule has 1 heterocycles. The summed E-state index contributed by atoms with van der Waals surface area (Å²) in [6.07, 6.45) is 0. The van der Waals surface area contributed by atoms with Crippen molar-refractivity contribution >= 4 is 65.6 Å². The van der Waals surface area contributed by atoms with Crippen LogP contribution in [0.3, 0.4) is 0 Å². The third-order valence-corrected chi connectivity index (χ3v) is 12.8. The van der Waals surface area contributed by atoms with Crippen LogP contribution in [0.25, 0.3) is 98.8 Å². The Labute approximate surface area is 366 Å². The Balaban J connectivity index is 0.952. The second-order valence-corrected chi connectivity index (χ2v) is 16.4. The van der Waals surface area contributed by atoms with E-state index >= 15 is 0 Å². The highest BCUT2D eigenvalue weighted by Gasteiger charge is 2.19. The van der Waals surface area contributed by atoms with Gasteiger partial charge in [-0.25, -0.2) is 0 Å². The van der Waals surface area contributed by atoms with Gasteiger partial charge in [0.05, 0.1) is 0 Å². The van der Waals surface area contributed by atoms with E-state index in [4.69, 9.17) is 4.42 Å². The van der Waals surface area contributed by atoms with Crippen molar-refractivity contribution in [3.63, 3.8) is 0 Å². The first-order valence-electron chi connectivity index (χ1n) is 21.7. The maximum Gasteiger partial charge on any atom is 0.143 e. The lowest BCUT2D eigenvalue weighted by atomic mass is 9.95. The number of rotatable bonds is 8. The van der Waals surface area contributed by atoms with Crippen molar-refractivity contribution in [3.8, 4) is 44.5 Å². The summed E-state index contributed by atoms with van der Waals surface area (Å²) < 4.78 is 6.87. The topological polar surface area (TPSA) is 16.4 Å². The van der Waals surface area contributed by atoms with E-state index in [0.29, 0.717) is 6.54 Å². The number of nitrogens with zero attached hydrogens (tertiary/aromatic N) is 1. The predicted octanol–water partition coefficient (Wildman–Crippen LogP) is 17.1. The minimum absolute atomic E-state index is 0.647. The van der Waals surface area contributed by atoms with Gasteiger partial charge in [-0.1, -0.05) is 206 Å². The van der Waals surface area contributed by atoms with Gasteiger partial charge >= 0.3 is 0 Å². The molecule has 0 radical (unpaired) electrons. The van der Waals surface area contributed by atoms with Crippen LogP contribution in [0.2, 0.25) is 0 Å². The second-order valence-electron chi connectivity index (χ2n) is 16.4. The van der Waals surface area contributed by atoms with E-state index in [-0.39, 0.29) is 0 Å². The largest absolute Gasteiger partial charge is 0.455 e. The van der Waals surface area contributed by atoms with Crippen LogP contribution in [-0.4, -0.2) is 0 Å². The van der Waals surface area contributed by atoms with Gasteiger partial charge in [0, 0.05) is 39.6 Å². The molecule has 12 rings (SSSR count). The zero-order valence-corrected chi connectivity index (χ0v) is 34.6. The Hall–Kier alpha value is -8.20. The summed E-state index contributed by atoms with van der Waals surface area (Å²) in [4.78, 5) is 2.45. The molecular weight excluding hydrogens is 763 g/mol. The van der Waals surface area contributed by atoms with Crippen molar-refractivity contribution in [2.24, 2.45) is 0 Å². The van der Waals surface area contributed by atoms with Crippen LogP contribution in [0.15, 0.2) is 241 Å².